The molecule has 2 N–H and O–H groups in total. The molecule has 2 heterocycles. The van der Waals surface area contributed by atoms with E-state index in [-0.39, 0.29) is 0 Å². The molecule has 0 radical (unpaired) electrons. The lowest BCUT2D eigenvalue weighted by Crippen LogP contribution is -2.23. The van der Waals surface area contributed by atoms with Crippen molar-refractivity contribution in [2.75, 3.05) is 39.5 Å². The summed E-state index contributed by atoms with van der Waals surface area (Å²) in [5.41, 5.74) is 5.05. The number of anilines is 1. The smallest absolute Gasteiger partial charge is 0.161 e. The van der Waals surface area contributed by atoms with Gasteiger partial charge in [0, 0.05) is 69.0 Å². The minimum Gasteiger partial charge on any atom is -0.383 e. The van der Waals surface area contributed by atoms with Gasteiger partial charge in [-0.15, -0.1) is 0 Å². The Morgan fingerprint density at radius 3 is 2.67 bits per heavy atom. The van der Waals surface area contributed by atoms with E-state index in [1.54, 1.807) is 7.05 Å². The van der Waals surface area contributed by atoms with E-state index in [1.807, 2.05) is 76.5 Å². The SMILES string of the molecule is C=C/C(=C\N(C)C)c1cccc(-c2ncc(/C(C=NC)=C/C)c(NC3CCNC3)n2)c1.CC. The van der Waals surface area contributed by atoms with Crippen molar-refractivity contribution in [3.63, 3.8) is 0 Å². The van der Waals surface area contributed by atoms with Crippen LogP contribution in [0.5, 0.6) is 0 Å². The predicted octanol–water partition coefficient (Wildman–Crippen LogP) is 5.14. The van der Waals surface area contributed by atoms with E-state index < -0.39 is 0 Å². The fourth-order valence-electron chi connectivity index (χ4n) is 3.61. The van der Waals surface area contributed by atoms with Crippen LogP contribution in [0.4, 0.5) is 5.82 Å². The van der Waals surface area contributed by atoms with Crippen molar-refractivity contribution in [1.82, 2.24) is 20.2 Å². The molecule has 6 nitrogen and oxygen atoms in total. The molecule has 3 rings (SSSR count). The maximum Gasteiger partial charge on any atom is 0.161 e. The molecule has 1 aromatic heterocycles. The van der Waals surface area contributed by atoms with Crippen LogP contribution in [0.15, 0.2) is 60.4 Å². The van der Waals surface area contributed by atoms with Gasteiger partial charge in [0.25, 0.3) is 0 Å². The molecule has 6 heteroatoms. The van der Waals surface area contributed by atoms with E-state index in [0.29, 0.717) is 11.9 Å². The molecule has 33 heavy (non-hydrogen) atoms. The van der Waals surface area contributed by atoms with Crippen molar-refractivity contribution in [2.24, 2.45) is 4.99 Å². The summed E-state index contributed by atoms with van der Waals surface area (Å²) in [6.07, 6.45) is 10.8. The van der Waals surface area contributed by atoms with Gasteiger partial charge in [0.1, 0.15) is 5.82 Å². The largest absolute Gasteiger partial charge is 0.383 e. The quantitative estimate of drug-likeness (QED) is 0.434. The van der Waals surface area contributed by atoms with Gasteiger partial charge in [-0.1, -0.05) is 50.8 Å². The lowest BCUT2D eigenvalue weighted by molar-refractivity contribution is 0.566. The Balaban J connectivity index is 0.00000187. The highest BCUT2D eigenvalue weighted by atomic mass is 15.1. The van der Waals surface area contributed by atoms with Gasteiger partial charge in [-0.3, -0.25) is 4.99 Å². The molecule has 0 saturated carbocycles. The summed E-state index contributed by atoms with van der Waals surface area (Å²) in [7, 11) is 5.78. The second-order valence-corrected chi connectivity index (χ2v) is 7.75. The number of nitrogens with one attached hydrogen (secondary N) is 2. The highest BCUT2D eigenvalue weighted by Gasteiger charge is 2.18. The maximum atomic E-state index is 4.94. The molecule has 1 aromatic carbocycles. The first kappa shape index (κ1) is 26.0. The van der Waals surface area contributed by atoms with Gasteiger partial charge in [-0.05, 0) is 37.1 Å². The number of hydrogen-bond acceptors (Lipinski definition) is 6. The number of hydrogen-bond donors (Lipinski definition) is 2. The van der Waals surface area contributed by atoms with E-state index in [0.717, 1.165) is 53.2 Å². The van der Waals surface area contributed by atoms with Crippen LogP contribution in [0, 0.1) is 0 Å². The molecular weight excluding hydrogens is 408 g/mol. The highest BCUT2D eigenvalue weighted by Crippen LogP contribution is 2.27. The van der Waals surface area contributed by atoms with Crippen molar-refractivity contribution in [1.29, 1.82) is 0 Å². The lowest BCUT2D eigenvalue weighted by Gasteiger charge is -2.17. The molecule has 0 amide bonds. The molecule has 1 aliphatic heterocycles. The minimum absolute atomic E-state index is 0.347. The summed E-state index contributed by atoms with van der Waals surface area (Å²) in [6, 6.07) is 8.61. The molecule has 1 aliphatic rings. The van der Waals surface area contributed by atoms with Crippen molar-refractivity contribution in [3.8, 4) is 11.4 Å². The second kappa shape index (κ2) is 13.3. The Bertz CT molecular complexity index is 997. The van der Waals surface area contributed by atoms with Crippen molar-refractivity contribution in [3.05, 3.63) is 66.5 Å². The monoisotopic (exact) mass is 446 g/mol. The van der Waals surface area contributed by atoms with Gasteiger partial charge in [0.2, 0.25) is 0 Å². The molecule has 1 unspecified atom stereocenters. The zero-order chi connectivity index (χ0) is 24.2. The topological polar surface area (TPSA) is 65.4 Å². The van der Waals surface area contributed by atoms with Crippen LogP contribution >= 0.6 is 0 Å². The maximum absolute atomic E-state index is 4.94. The predicted molar refractivity (Wildman–Crippen MR) is 144 cm³/mol. The molecule has 0 aliphatic carbocycles. The molecule has 1 saturated heterocycles. The van der Waals surface area contributed by atoms with Crippen LogP contribution in [0.25, 0.3) is 22.5 Å². The van der Waals surface area contributed by atoms with Crippen LogP contribution in [0.3, 0.4) is 0 Å². The zero-order valence-electron chi connectivity index (χ0n) is 20.9. The van der Waals surface area contributed by atoms with Crippen LogP contribution in [0.1, 0.15) is 38.3 Å². The summed E-state index contributed by atoms with van der Waals surface area (Å²) in [5.74, 6) is 1.53. The first-order valence-corrected chi connectivity index (χ1v) is 11.6. The Hall–Kier alpha value is -3.25. The number of allylic oxidation sites excluding steroid dienone is 4. The Morgan fingerprint density at radius 2 is 2.06 bits per heavy atom. The summed E-state index contributed by atoms with van der Waals surface area (Å²) in [6.45, 7) is 11.9. The molecule has 1 fully saturated rings. The standard InChI is InChI=1S/C25H32N6.C2H6/c1-6-18(14-26-3)23-16-28-24(30-25(23)29-22-11-12-27-15-22)21-10-8-9-20(13-21)19(7-2)17-31(4)5;1-2/h6-10,13-14,16-17,22,27H,2,11-12,15H2,1,3-5H3,(H,28,29,30);1-2H3/b18-6+,19-17+,26-14?;. The average Bonchev–Trinajstić information content (AvgIpc) is 3.35. The molecule has 2 aromatic rings. The van der Waals surface area contributed by atoms with Gasteiger partial charge < -0.3 is 15.5 Å². The van der Waals surface area contributed by atoms with Crippen molar-refractivity contribution in [2.45, 2.75) is 33.2 Å². The van der Waals surface area contributed by atoms with E-state index in [2.05, 4.69) is 40.5 Å². The van der Waals surface area contributed by atoms with Crippen LogP contribution in [-0.2, 0) is 0 Å². The van der Waals surface area contributed by atoms with Gasteiger partial charge in [-0.2, -0.15) is 0 Å². The van der Waals surface area contributed by atoms with Gasteiger partial charge in [0.15, 0.2) is 5.82 Å². The number of aliphatic imine (C=N–C) groups is 1. The molecule has 1 atom stereocenters. The van der Waals surface area contributed by atoms with Crippen LogP contribution in [-0.4, -0.2) is 61.4 Å². The van der Waals surface area contributed by atoms with E-state index in [4.69, 9.17) is 9.97 Å². The normalized spacial score (nSPS) is 16.4. The van der Waals surface area contributed by atoms with Crippen LogP contribution in [0.2, 0.25) is 0 Å². The van der Waals surface area contributed by atoms with Gasteiger partial charge in [0.05, 0.1) is 0 Å². The third-order valence-electron chi connectivity index (χ3n) is 5.15. The fourth-order valence-corrected chi connectivity index (χ4v) is 3.61. The van der Waals surface area contributed by atoms with Crippen molar-refractivity contribution >= 4 is 23.2 Å². The zero-order valence-corrected chi connectivity index (χ0v) is 20.9. The minimum atomic E-state index is 0.347. The number of nitrogens with zero attached hydrogens (tertiary/aromatic N) is 4. The Labute approximate surface area is 199 Å². The fraction of sp³-hybridized carbons (Fsp3) is 0.370. The van der Waals surface area contributed by atoms with E-state index >= 15 is 0 Å². The Morgan fingerprint density at radius 1 is 1.27 bits per heavy atom. The van der Waals surface area contributed by atoms with E-state index in [1.165, 1.54) is 0 Å². The number of rotatable bonds is 8. The average molecular weight is 447 g/mol. The molecule has 176 valence electrons. The first-order valence-electron chi connectivity index (χ1n) is 11.6. The number of aromatic nitrogens is 2. The highest BCUT2D eigenvalue weighted by molar-refractivity contribution is 6.11. The third-order valence-corrected chi connectivity index (χ3v) is 5.15. The molecular formula is C27H38N6. The summed E-state index contributed by atoms with van der Waals surface area (Å²) in [4.78, 5) is 15.8. The van der Waals surface area contributed by atoms with Gasteiger partial charge in [-0.25, -0.2) is 9.97 Å². The second-order valence-electron chi connectivity index (χ2n) is 7.75. The van der Waals surface area contributed by atoms with E-state index in [9.17, 15) is 0 Å². The third kappa shape index (κ3) is 7.12. The lowest BCUT2D eigenvalue weighted by atomic mass is 10.0. The van der Waals surface area contributed by atoms with Crippen molar-refractivity contribution < 1.29 is 0 Å². The van der Waals surface area contributed by atoms with Gasteiger partial charge >= 0.3 is 0 Å². The summed E-state index contributed by atoms with van der Waals surface area (Å²) < 4.78 is 0. The Kier molecular flexibility index (Phi) is 10.5. The number of benzene rings is 1. The molecule has 0 spiro atoms. The summed E-state index contributed by atoms with van der Waals surface area (Å²) >= 11 is 0. The van der Waals surface area contributed by atoms with Crippen LogP contribution < -0.4 is 10.6 Å². The molecule has 0 bridgehead atoms. The first-order chi connectivity index (χ1) is 16.0. The summed E-state index contributed by atoms with van der Waals surface area (Å²) in [5, 5.41) is 7.02.